The number of carbonyl (C=O) groups is 1. The molecule has 2 aromatic carbocycles. The molecule has 0 bridgehead atoms. The molecular weight excluding hydrogens is 352 g/mol. The first-order valence-electron chi connectivity index (χ1n) is 9.48. The standard InChI is InChI=1S/C23H20N2O3/c1-12-5-7-14-15(24-12)8-9-17-22(14)21(13-6-10-18(26)20(28)11-13)23-16(25-17)3-2-4-19(23)27/h5-11,21,25-26,28H,2-4H2,1H3/t21-/m1/s1. The van der Waals surface area contributed by atoms with E-state index in [-0.39, 0.29) is 23.2 Å². The van der Waals surface area contributed by atoms with Crippen molar-refractivity contribution in [3.63, 3.8) is 0 Å². The number of rotatable bonds is 1. The van der Waals surface area contributed by atoms with E-state index in [9.17, 15) is 15.0 Å². The summed E-state index contributed by atoms with van der Waals surface area (Å²) < 4.78 is 0. The Balaban J connectivity index is 1.83. The maximum absolute atomic E-state index is 12.9. The number of hydrogen-bond donors (Lipinski definition) is 3. The van der Waals surface area contributed by atoms with Gasteiger partial charge in [0.25, 0.3) is 0 Å². The topological polar surface area (TPSA) is 82.5 Å². The zero-order valence-electron chi connectivity index (χ0n) is 15.5. The quantitative estimate of drug-likeness (QED) is 0.547. The normalized spacial score (nSPS) is 18.6. The lowest BCUT2D eigenvalue weighted by Gasteiger charge is -2.35. The van der Waals surface area contributed by atoms with Crippen LogP contribution in [0.25, 0.3) is 10.9 Å². The lowest BCUT2D eigenvalue weighted by molar-refractivity contribution is -0.116. The van der Waals surface area contributed by atoms with Gasteiger partial charge in [-0.25, -0.2) is 0 Å². The summed E-state index contributed by atoms with van der Waals surface area (Å²) in [7, 11) is 0. The Kier molecular flexibility index (Phi) is 3.66. The monoisotopic (exact) mass is 372 g/mol. The molecular formula is C23H20N2O3. The number of allylic oxidation sites excluding steroid dienone is 2. The average molecular weight is 372 g/mol. The van der Waals surface area contributed by atoms with E-state index in [0.29, 0.717) is 6.42 Å². The molecule has 0 fully saturated rings. The zero-order chi connectivity index (χ0) is 19.4. The van der Waals surface area contributed by atoms with Crippen LogP contribution in [0.1, 0.15) is 42.0 Å². The van der Waals surface area contributed by atoms with Gasteiger partial charge in [-0.2, -0.15) is 0 Å². The van der Waals surface area contributed by atoms with Crippen molar-refractivity contribution in [2.45, 2.75) is 32.1 Å². The molecule has 0 saturated carbocycles. The molecule has 28 heavy (non-hydrogen) atoms. The van der Waals surface area contributed by atoms with E-state index < -0.39 is 0 Å². The van der Waals surface area contributed by atoms with Gasteiger partial charge in [-0.15, -0.1) is 0 Å². The van der Waals surface area contributed by atoms with Crippen LogP contribution in [-0.2, 0) is 4.79 Å². The van der Waals surface area contributed by atoms with E-state index in [1.807, 2.05) is 31.2 Å². The Morgan fingerprint density at radius 2 is 1.89 bits per heavy atom. The second kappa shape index (κ2) is 6.09. The number of phenolic OH excluding ortho intramolecular Hbond substituents is 2. The molecule has 2 heterocycles. The zero-order valence-corrected chi connectivity index (χ0v) is 15.5. The first-order chi connectivity index (χ1) is 13.5. The molecule has 0 spiro atoms. The number of aromatic hydroxyl groups is 2. The van der Waals surface area contributed by atoms with Crippen LogP contribution >= 0.6 is 0 Å². The number of carbonyl (C=O) groups excluding carboxylic acids is 1. The SMILES string of the molecule is Cc1ccc2c3c(ccc2n1)NC1=C(C(=O)CCC1)[C@@H]3c1ccc(O)c(O)c1. The van der Waals surface area contributed by atoms with Gasteiger partial charge in [0.1, 0.15) is 0 Å². The fourth-order valence-corrected chi connectivity index (χ4v) is 4.44. The number of fused-ring (bicyclic) bond motifs is 3. The number of Topliss-reactive ketones (excluding diaryl/α,β-unsaturated/α-hetero) is 1. The number of pyridine rings is 1. The number of phenols is 2. The predicted octanol–water partition coefficient (Wildman–Crippen LogP) is 4.52. The molecule has 3 aromatic rings. The van der Waals surface area contributed by atoms with Crippen LogP contribution in [0.4, 0.5) is 5.69 Å². The third-order valence-corrected chi connectivity index (χ3v) is 5.70. The van der Waals surface area contributed by atoms with Gasteiger partial charge >= 0.3 is 0 Å². The third kappa shape index (κ3) is 2.47. The van der Waals surface area contributed by atoms with Crippen molar-refractivity contribution in [2.24, 2.45) is 0 Å². The van der Waals surface area contributed by atoms with Crippen molar-refractivity contribution < 1.29 is 15.0 Å². The highest BCUT2D eigenvalue weighted by atomic mass is 16.3. The van der Waals surface area contributed by atoms with Crippen molar-refractivity contribution in [3.05, 3.63) is 70.6 Å². The molecule has 5 nitrogen and oxygen atoms in total. The fraction of sp³-hybridized carbons (Fsp3) is 0.217. The maximum Gasteiger partial charge on any atom is 0.161 e. The van der Waals surface area contributed by atoms with Crippen molar-refractivity contribution in [3.8, 4) is 11.5 Å². The predicted molar refractivity (Wildman–Crippen MR) is 108 cm³/mol. The maximum atomic E-state index is 12.9. The van der Waals surface area contributed by atoms with E-state index in [0.717, 1.165) is 57.5 Å². The summed E-state index contributed by atoms with van der Waals surface area (Å²) in [6.07, 6.45) is 2.19. The van der Waals surface area contributed by atoms with E-state index in [2.05, 4.69) is 10.3 Å². The number of benzene rings is 2. The molecule has 0 unspecified atom stereocenters. The van der Waals surface area contributed by atoms with E-state index >= 15 is 0 Å². The van der Waals surface area contributed by atoms with E-state index in [4.69, 9.17) is 0 Å². The summed E-state index contributed by atoms with van der Waals surface area (Å²) in [6.45, 7) is 1.96. The number of aromatic nitrogens is 1. The summed E-state index contributed by atoms with van der Waals surface area (Å²) in [5, 5.41) is 24.3. The van der Waals surface area contributed by atoms with Gasteiger partial charge < -0.3 is 15.5 Å². The summed E-state index contributed by atoms with van der Waals surface area (Å²) in [6, 6.07) is 12.8. The number of hydrogen-bond acceptors (Lipinski definition) is 5. The van der Waals surface area contributed by atoms with Crippen molar-refractivity contribution in [2.75, 3.05) is 5.32 Å². The van der Waals surface area contributed by atoms with Crippen LogP contribution in [0.3, 0.4) is 0 Å². The minimum atomic E-state index is -0.307. The minimum absolute atomic E-state index is 0.133. The van der Waals surface area contributed by atoms with E-state index in [1.165, 1.54) is 6.07 Å². The number of anilines is 1. The van der Waals surface area contributed by atoms with Crippen LogP contribution in [0.5, 0.6) is 11.5 Å². The van der Waals surface area contributed by atoms with Gasteiger partial charge in [0.05, 0.1) is 5.52 Å². The highest BCUT2D eigenvalue weighted by Crippen LogP contribution is 2.48. The number of nitrogens with one attached hydrogen (secondary N) is 1. The smallest absolute Gasteiger partial charge is 0.161 e. The lowest BCUT2D eigenvalue weighted by Crippen LogP contribution is -2.27. The highest BCUT2D eigenvalue weighted by Gasteiger charge is 2.36. The van der Waals surface area contributed by atoms with Gasteiger partial charge in [-0.05, 0) is 61.2 Å². The van der Waals surface area contributed by atoms with Crippen LogP contribution in [0.2, 0.25) is 0 Å². The van der Waals surface area contributed by atoms with E-state index in [1.54, 1.807) is 12.1 Å². The Bertz CT molecular complexity index is 1180. The molecule has 0 radical (unpaired) electrons. The van der Waals surface area contributed by atoms with Gasteiger partial charge in [0.15, 0.2) is 17.3 Å². The van der Waals surface area contributed by atoms with Gasteiger partial charge in [0.2, 0.25) is 0 Å². The molecule has 1 atom stereocenters. The number of ketones is 1. The highest BCUT2D eigenvalue weighted by molar-refractivity contribution is 6.03. The van der Waals surface area contributed by atoms with Gasteiger partial charge in [-0.3, -0.25) is 9.78 Å². The van der Waals surface area contributed by atoms with Gasteiger partial charge in [0, 0.05) is 40.4 Å². The van der Waals surface area contributed by atoms with Crippen LogP contribution in [0.15, 0.2) is 53.7 Å². The number of aryl methyl sites for hydroxylation is 1. The summed E-state index contributed by atoms with van der Waals surface area (Å²) in [4.78, 5) is 17.6. The first-order valence-corrected chi connectivity index (χ1v) is 9.48. The van der Waals surface area contributed by atoms with Crippen LogP contribution < -0.4 is 5.32 Å². The lowest BCUT2D eigenvalue weighted by atomic mass is 9.74. The minimum Gasteiger partial charge on any atom is -0.504 e. The average Bonchev–Trinajstić information content (AvgIpc) is 2.68. The molecule has 5 rings (SSSR count). The third-order valence-electron chi connectivity index (χ3n) is 5.70. The molecule has 140 valence electrons. The molecule has 5 heteroatoms. The molecule has 2 aliphatic rings. The molecule has 1 aliphatic heterocycles. The van der Waals surface area contributed by atoms with Crippen LogP contribution in [-0.4, -0.2) is 21.0 Å². The Hall–Kier alpha value is -3.34. The molecule has 1 aromatic heterocycles. The Labute approximate surface area is 162 Å². The van der Waals surface area contributed by atoms with Crippen molar-refractivity contribution >= 4 is 22.4 Å². The van der Waals surface area contributed by atoms with Crippen molar-refractivity contribution in [1.29, 1.82) is 0 Å². The fourth-order valence-electron chi connectivity index (χ4n) is 4.44. The second-order valence-electron chi connectivity index (χ2n) is 7.52. The van der Waals surface area contributed by atoms with Crippen LogP contribution in [0, 0.1) is 6.92 Å². The molecule has 3 N–H and O–H groups in total. The summed E-state index contributed by atoms with van der Waals surface area (Å²) in [5.41, 5.74) is 6.27. The Morgan fingerprint density at radius 1 is 1.04 bits per heavy atom. The molecule has 1 aliphatic carbocycles. The summed E-state index contributed by atoms with van der Waals surface area (Å²) in [5.74, 6) is -0.526. The second-order valence-corrected chi connectivity index (χ2v) is 7.52. The van der Waals surface area contributed by atoms with Crippen molar-refractivity contribution in [1.82, 2.24) is 4.98 Å². The molecule has 0 amide bonds. The van der Waals surface area contributed by atoms with Gasteiger partial charge in [-0.1, -0.05) is 12.1 Å². The largest absolute Gasteiger partial charge is 0.504 e. The summed E-state index contributed by atoms with van der Waals surface area (Å²) >= 11 is 0. The molecule has 0 saturated heterocycles. The number of nitrogens with zero attached hydrogens (tertiary/aromatic N) is 1. The Morgan fingerprint density at radius 3 is 2.71 bits per heavy atom. The first kappa shape index (κ1) is 16.8.